The fourth-order valence-electron chi connectivity index (χ4n) is 1.90. The van der Waals surface area contributed by atoms with Gasteiger partial charge in [-0.2, -0.15) is 10.5 Å². The summed E-state index contributed by atoms with van der Waals surface area (Å²) in [5, 5.41) is 17.6. The summed E-state index contributed by atoms with van der Waals surface area (Å²) in [6.07, 6.45) is 1.71. The highest BCUT2D eigenvalue weighted by molar-refractivity contribution is 5.36. The fourth-order valence-corrected chi connectivity index (χ4v) is 1.90. The van der Waals surface area contributed by atoms with E-state index < -0.39 is 0 Å². The molecule has 2 aromatic carbocycles. The predicted octanol–water partition coefficient (Wildman–Crippen LogP) is 3.67. The molecule has 0 saturated carbocycles. The molecule has 0 unspecified atom stereocenters. The highest BCUT2D eigenvalue weighted by Gasteiger charge is 1.98. The van der Waals surface area contributed by atoms with Gasteiger partial charge in [-0.1, -0.05) is 12.1 Å². The number of unbranched alkanes of at least 4 members (excludes halogenated alkanes) is 1. The molecule has 0 saturated heterocycles. The first kappa shape index (κ1) is 15.4. The maximum Gasteiger partial charge on any atom is 0.120 e. The highest BCUT2D eigenvalue weighted by atomic mass is 16.5. The van der Waals surface area contributed by atoms with Gasteiger partial charge in [-0.15, -0.1) is 0 Å². The van der Waals surface area contributed by atoms with E-state index in [-0.39, 0.29) is 0 Å². The van der Waals surface area contributed by atoms with Gasteiger partial charge >= 0.3 is 0 Å². The van der Waals surface area contributed by atoms with Crippen LogP contribution in [0.4, 0.5) is 0 Å². The molecule has 0 atom stereocenters. The molecule has 2 rings (SSSR count). The van der Waals surface area contributed by atoms with E-state index in [0.717, 1.165) is 12.8 Å². The molecular weight excluding hydrogens is 276 g/mol. The quantitative estimate of drug-likeness (QED) is 0.730. The van der Waals surface area contributed by atoms with E-state index >= 15 is 0 Å². The lowest BCUT2D eigenvalue weighted by atomic mass is 10.2. The van der Waals surface area contributed by atoms with Crippen molar-refractivity contribution < 1.29 is 9.47 Å². The number of nitrogens with zero attached hydrogens (tertiary/aromatic N) is 2. The minimum absolute atomic E-state index is 0.580. The molecule has 0 N–H and O–H groups in total. The summed E-state index contributed by atoms with van der Waals surface area (Å²) in [6, 6.07) is 18.4. The zero-order valence-electron chi connectivity index (χ0n) is 12.2. The van der Waals surface area contributed by atoms with Crippen LogP contribution in [0.2, 0.25) is 0 Å². The van der Waals surface area contributed by atoms with E-state index in [2.05, 4.69) is 12.1 Å². The van der Waals surface area contributed by atoms with Gasteiger partial charge in [0.05, 0.1) is 36.5 Å². The molecule has 4 heteroatoms. The molecule has 0 bridgehead atoms. The van der Waals surface area contributed by atoms with Crippen LogP contribution < -0.4 is 9.47 Å². The monoisotopic (exact) mass is 292 g/mol. The summed E-state index contributed by atoms with van der Waals surface area (Å²) in [4.78, 5) is 0. The number of rotatable bonds is 7. The number of hydrogen-bond acceptors (Lipinski definition) is 4. The second-order valence-corrected chi connectivity index (χ2v) is 4.68. The minimum Gasteiger partial charge on any atom is -0.494 e. The van der Waals surface area contributed by atoms with Crippen molar-refractivity contribution in [1.29, 1.82) is 10.5 Å². The third-order valence-corrected chi connectivity index (χ3v) is 3.00. The molecule has 0 amide bonds. The van der Waals surface area contributed by atoms with E-state index in [1.165, 1.54) is 0 Å². The standard InChI is InChI=1S/C18H16N2O2/c19-13-15-5-3-7-17(11-15)21-9-1-2-10-22-18-8-4-6-16(12-18)14-20/h3-8,11-12H,1-2,9-10H2. The van der Waals surface area contributed by atoms with E-state index in [1.54, 1.807) is 36.4 Å². The SMILES string of the molecule is N#Cc1cccc(OCCCCOc2cccc(C#N)c2)c1. The smallest absolute Gasteiger partial charge is 0.120 e. The Morgan fingerprint density at radius 1 is 0.727 bits per heavy atom. The molecule has 0 heterocycles. The van der Waals surface area contributed by atoms with Crippen molar-refractivity contribution in [2.24, 2.45) is 0 Å². The topological polar surface area (TPSA) is 66.0 Å². The van der Waals surface area contributed by atoms with Crippen LogP contribution in [0, 0.1) is 22.7 Å². The summed E-state index contributed by atoms with van der Waals surface area (Å²) in [6.45, 7) is 1.16. The van der Waals surface area contributed by atoms with Gasteiger partial charge in [0.1, 0.15) is 11.5 Å². The Morgan fingerprint density at radius 3 is 1.59 bits per heavy atom. The van der Waals surface area contributed by atoms with Crippen molar-refractivity contribution in [2.45, 2.75) is 12.8 Å². The van der Waals surface area contributed by atoms with Crippen molar-refractivity contribution in [2.75, 3.05) is 13.2 Å². The second-order valence-electron chi connectivity index (χ2n) is 4.68. The van der Waals surface area contributed by atoms with Gasteiger partial charge in [0, 0.05) is 0 Å². The van der Waals surface area contributed by atoms with Gasteiger partial charge in [0.15, 0.2) is 0 Å². The molecule has 0 aromatic heterocycles. The van der Waals surface area contributed by atoms with Gasteiger partial charge in [-0.3, -0.25) is 0 Å². The molecule has 0 aliphatic carbocycles. The third-order valence-electron chi connectivity index (χ3n) is 3.00. The highest BCUT2D eigenvalue weighted by Crippen LogP contribution is 2.14. The Morgan fingerprint density at radius 2 is 1.18 bits per heavy atom. The Kier molecular flexibility index (Phi) is 5.84. The van der Waals surface area contributed by atoms with Gasteiger partial charge in [-0.25, -0.2) is 0 Å². The zero-order chi connectivity index (χ0) is 15.6. The molecule has 4 nitrogen and oxygen atoms in total. The largest absolute Gasteiger partial charge is 0.494 e. The van der Waals surface area contributed by atoms with Gasteiger partial charge in [0.2, 0.25) is 0 Å². The Labute approximate surface area is 130 Å². The van der Waals surface area contributed by atoms with Crippen LogP contribution in [-0.2, 0) is 0 Å². The van der Waals surface area contributed by atoms with Crippen molar-refractivity contribution >= 4 is 0 Å². The average molecular weight is 292 g/mol. The number of nitriles is 2. The van der Waals surface area contributed by atoms with Gasteiger partial charge in [-0.05, 0) is 49.2 Å². The molecule has 2 aromatic rings. The van der Waals surface area contributed by atoms with Crippen molar-refractivity contribution in [3.05, 3.63) is 59.7 Å². The maximum atomic E-state index is 8.81. The molecular formula is C18H16N2O2. The third kappa shape index (κ3) is 4.85. The first-order valence-electron chi connectivity index (χ1n) is 7.08. The minimum atomic E-state index is 0.580. The van der Waals surface area contributed by atoms with Crippen molar-refractivity contribution in [3.8, 4) is 23.6 Å². The van der Waals surface area contributed by atoms with E-state index in [4.69, 9.17) is 20.0 Å². The van der Waals surface area contributed by atoms with Crippen molar-refractivity contribution in [3.63, 3.8) is 0 Å². The van der Waals surface area contributed by atoms with Gasteiger partial charge in [0.25, 0.3) is 0 Å². The second kappa shape index (κ2) is 8.34. The predicted molar refractivity (Wildman–Crippen MR) is 82.5 cm³/mol. The molecule has 0 fully saturated rings. The van der Waals surface area contributed by atoms with Crippen LogP contribution in [0.15, 0.2) is 48.5 Å². The summed E-state index contributed by atoms with van der Waals surface area (Å²) in [5.41, 5.74) is 1.19. The molecule has 110 valence electrons. The fraction of sp³-hybridized carbons (Fsp3) is 0.222. The lowest BCUT2D eigenvalue weighted by molar-refractivity contribution is 0.266. The Balaban J connectivity index is 1.65. The van der Waals surface area contributed by atoms with Crippen LogP contribution in [0.5, 0.6) is 11.5 Å². The Bertz CT molecular complexity index is 637. The first-order valence-corrected chi connectivity index (χ1v) is 7.08. The number of hydrogen-bond donors (Lipinski definition) is 0. The lowest BCUT2D eigenvalue weighted by Crippen LogP contribution is -2.02. The molecule has 0 radical (unpaired) electrons. The summed E-state index contributed by atoms with van der Waals surface area (Å²) >= 11 is 0. The van der Waals surface area contributed by atoms with Crippen LogP contribution in [-0.4, -0.2) is 13.2 Å². The molecule has 22 heavy (non-hydrogen) atoms. The average Bonchev–Trinajstić information content (AvgIpc) is 2.58. The van der Waals surface area contributed by atoms with Crippen LogP contribution in [0.25, 0.3) is 0 Å². The summed E-state index contributed by atoms with van der Waals surface area (Å²) in [5.74, 6) is 1.42. The summed E-state index contributed by atoms with van der Waals surface area (Å²) < 4.78 is 11.2. The molecule has 0 spiro atoms. The first-order chi connectivity index (χ1) is 10.8. The number of benzene rings is 2. The molecule has 0 aliphatic rings. The number of ether oxygens (including phenoxy) is 2. The van der Waals surface area contributed by atoms with Crippen molar-refractivity contribution in [1.82, 2.24) is 0 Å². The van der Waals surface area contributed by atoms with Crippen LogP contribution in [0.1, 0.15) is 24.0 Å². The van der Waals surface area contributed by atoms with E-state index in [1.807, 2.05) is 12.1 Å². The van der Waals surface area contributed by atoms with E-state index in [0.29, 0.717) is 35.8 Å². The van der Waals surface area contributed by atoms with Crippen LogP contribution in [0.3, 0.4) is 0 Å². The lowest BCUT2D eigenvalue weighted by Gasteiger charge is -2.08. The summed E-state index contributed by atoms with van der Waals surface area (Å²) in [7, 11) is 0. The normalized spacial score (nSPS) is 9.55. The maximum absolute atomic E-state index is 8.81. The zero-order valence-corrected chi connectivity index (χ0v) is 12.2. The van der Waals surface area contributed by atoms with Crippen LogP contribution >= 0.6 is 0 Å². The molecule has 0 aliphatic heterocycles. The Hall–Kier alpha value is -2.98. The van der Waals surface area contributed by atoms with Gasteiger partial charge < -0.3 is 9.47 Å². The van der Waals surface area contributed by atoms with E-state index in [9.17, 15) is 0 Å².